The maximum atomic E-state index is 10.6. The number of thiophene rings is 1. The monoisotopic (exact) mass is 264 g/mol. The van der Waals surface area contributed by atoms with E-state index < -0.39 is 11.0 Å². The quantitative estimate of drug-likeness (QED) is 0.643. The number of benzene rings is 1. The van der Waals surface area contributed by atoms with Crippen LogP contribution in [0.25, 0.3) is 0 Å². The smallest absolute Gasteiger partial charge is 0.271 e. The molecule has 0 aliphatic carbocycles. The Balaban J connectivity index is 1.98. The molecule has 0 fully saturated rings. The van der Waals surface area contributed by atoms with Crippen molar-refractivity contribution in [1.29, 1.82) is 0 Å². The van der Waals surface area contributed by atoms with Crippen molar-refractivity contribution in [3.63, 3.8) is 0 Å². The molecule has 94 valence electrons. The van der Waals surface area contributed by atoms with Gasteiger partial charge in [-0.25, -0.2) is 0 Å². The summed E-state index contributed by atoms with van der Waals surface area (Å²) in [5.74, 6) is 0. The third-order valence-electron chi connectivity index (χ3n) is 2.48. The van der Waals surface area contributed by atoms with E-state index in [2.05, 4.69) is 5.32 Å². The Hall–Kier alpha value is -1.92. The molecule has 2 aromatic rings. The van der Waals surface area contributed by atoms with Crippen LogP contribution in [-0.4, -0.2) is 16.6 Å². The fourth-order valence-corrected chi connectivity index (χ4v) is 2.23. The maximum absolute atomic E-state index is 10.6. The fraction of sp³-hybridized carbons (Fsp3) is 0.167. The van der Waals surface area contributed by atoms with E-state index in [9.17, 15) is 15.2 Å². The average Bonchev–Trinajstić information content (AvgIpc) is 2.90. The first-order valence-corrected chi connectivity index (χ1v) is 6.29. The summed E-state index contributed by atoms with van der Waals surface area (Å²) in [7, 11) is 0. The van der Waals surface area contributed by atoms with Crippen LogP contribution in [0, 0.1) is 10.1 Å². The van der Waals surface area contributed by atoms with E-state index in [0.717, 1.165) is 5.56 Å². The SMILES string of the molecule is O=[N+]([O-])c1cccc(NCC(O)c2ccsc2)c1. The number of nitrogens with one attached hydrogen (secondary N) is 1. The fourth-order valence-electron chi connectivity index (χ4n) is 1.53. The molecule has 0 aliphatic heterocycles. The Labute approximate surface area is 108 Å². The van der Waals surface area contributed by atoms with Gasteiger partial charge in [0.1, 0.15) is 0 Å². The van der Waals surface area contributed by atoms with E-state index in [0.29, 0.717) is 12.2 Å². The number of rotatable bonds is 5. The molecule has 1 atom stereocenters. The molecule has 1 heterocycles. The summed E-state index contributed by atoms with van der Waals surface area (Å²) in [6.45, 7) is 0.317. The van der Waals surface area contributed by atoms with Gasteiger partial charge < -0.3 is 10.4 Å². The molecule has 1 unspecified atom stereocenters. The lowest BCUT2D eigenvalue weighted by Gasteiger charge is -2.11. The van der Waals surface area contributed by atoms with Gasteiger partial charge in [-0.3, -0.25) is 10.1 Å². The van der Waals surface area contributed by atoms with Gasteiger partial charge in [-0.05, 0) is 28.5 Å². The van der Waals surface area contributed by atoms with Gasteiger partial charge >= 0.3 is 0 Å². The summed E-state index contributed by atoms with van der Waals surface area (Å²) in [5, 5.41) is 27.2. The number of anilines is 1. The zero-order valence-corrected chi connectivity index (χ0v) is 10.3. The number of nitrogens with zero attached hydrogens (tertiary/aromatic N) is 1. The molecule has 0 bridgehead atoms. The molecule has 1 aromatic carbocycles. The predicted octanol–water partition coefficient (Wildman–Crippen LogP) is 2.80. The molecule has 5 nitrogen and oxygen atoms in total. The van der Waals surface area contributed by atoms with Crippen LogP contribution in [0.2, 0.25) is 0 Å². The van der Waals surface area contributed by atoms with Crippen LogP contribution >= 0.6 is 11.3 Å². The largest absolute Gasteiger partial charge is 0.387 e. The highest BCUT2D eigenvalue weighted by atomic mass is 32.1. The van der Waals surface area contributed by atoms with E-state index in [1.54, 1.807) is 12.1 Å². The van der Waals surface area contributed by atoms with E-state index in [1.165, 1.54) is 23.5 Å². The molecule has 0 spiro atoms. The van der Waals surface area contributed by atoms with Gasteiger partial charge in [-0.1, -0.05) is 6.07 Å². The van der Waals surface area contributed by atoms with Crippen LogP contribution < -0.4 is 5.32 Å². The van der Waals surface area contributed by atoms with E-state index >= 15 is 0 Å². The summed E-state index contributed by atoms with van der Waals surface area (Å²) in [6.07, 6.45) is -0.615. The molecule has 2 N–H and O–H groups in total. The highest BCUT2D eigenvalue weighted by Crippen LogP contribution is 2.20. The van der Waals surface area contributed by atoms with Crippen molar-refractivity contribution in [2.24, 2.45) is 0 Å². The minimum atomic E-state index is -0.615. The van der Waals surface area contributed by atoms with Gasteiger partial charge in [0, 0.05) is 24.4 Å². The molecule has 18 heavy (non-hydrogen) atoms. The van der Waals surface area contributed by atoms with Crippen molar-refractivity contribution in [3.8, 4) is 0 Å². The van der Waals surface area contributed by atoms with Crippen LogP contribution in [0.15, 0.2) is 41.1 Å². The Bertz CT molecular complexity index is 528. The van der Waals surface area contributed by atoms with Gasteiger partial charge in [0.25, 0.3) is 5.69 Å². The van der Waals surface area contributed by atoms with Gasteiger partial charge in [-0.2, -0.15) is 11.3 Å². The van der Waals surface area contributed by atoms with E-state index in [1.807, 2.05) is 16.8 Å². The van der Waals surface area contributed by atoms with Gasteiger partial charge in [0.2, 0.25) is 0 Å². The van der Waals surface area contributed by atoms with Crippen LogP contribution in [0.1, 0.15) is 11.7 Å². The van der Waals surface area contributed by atoms with Crippen molar-refractivity contribution >= 4 is 22.7 Å². The first kappa shape index (κ1) is 12.5. The molecule has 0 saturated carbocycles. The molecule has 2 rings (SSSR count). The average molecular weight is 264 g/mol. The molecule has 0 amide bonds. The molecule has 0 radical (unpaired) electrons. The number of hydrogen-bond acceptors (Lipinski definition) is 5. The van der Waals surface area contributed by atoms with Crippen LogP contribution in [0.4, 0.5) is 11.4 Å². The minimum Gasteiger partial charge on any atom is -0.387 e. The summed E-state index contributed by atoms with van der Waals surface area (Å²) < 4.78 is 0. The van der Waals surface area contributed by atoms with Crippen molar-refractivity contribution in [2.75, 3.05) is 11.9 Å². The van der Waals surface area contributed by atoms with E-state index in [-0.39, 0.29) is 5.69 Å². The van der Waals surface area contributed by atoms with Gasteiger partial charge in [-0.15, -0.1) is 0 Å². The zero-order chi connectivity index (χ0) is 13.0. The number of hydrogen-bond donors (Lipinski definition) is 2. The molecule has 0 aliphatic rings. The summed E-state index contributed by atoms with van der Waals surface area (Å²) in [5.41, 5.74) is 1.50. The summed E-state index contributed by atoms with van der Waals surface area (Å²) >= 11 is 1.52. The number of nitro groups is 1. The Morgan fingerprint density at radius 2 is 2.28 bits per heavy atom. The van der Waals surface area contributed by atoms with Crippen molar-refractivity contribution in [1.82, 2.24) is 0 Å². The van der Waals surface area contributed by atoms with Crippen molar-refractivity contribution in [2.45, 2.75) is 6.10 Å². The molecule has 1 aromatic heterocycles. The summed E-state index contributed by atoms with van der Waals surface area (Å²) in [4.78, 5) is 10.2. The normalized spacial score (nSPS) is 12.1. The van der Waals surface area contributed by atoms with Crippen molar-refractivity contribution < 1.29 is 10.0 Å². The first-order valence-electron chi connectivity index (χ1n) is 5.35. The Morgan fingerprint density at radius 3 is 2.94 bits per heavy atom. The summed E-state index contributed by atoms with van der Waals surface area (Å²) in [6, 6.07) is 8.07. The maximum Gasteiger partial charge on any atom is 0.271 e. The topological polar surface area (TPSA) is 75.4 Å². The second-order valence-electron chi connectivity index (χ2n) is 3.76. The van der Waals surface area contributed by atoms with Crippen LogP contribution in [-0.2, 0) is 0 Å². The second-order valence-corrected chi connectivity index (χ2v) is 4.54. The molecular weight excluding hydrogens is 252 g/mol. The highest BCUT2D eigenvalue weighted by molar-refractivity contribution is 7.07. The lowest BCUT2D eigenvalue weighted by Crippen LogP contribution is -2.11. The van der Waals surface area contributed by atoms with Gasteiger partial charge in [0.05, 0.1) is 11.0 Å². The standard InChI is InChI=1S/C12H12N2O3S/c15-12(9-4-5-18-8-9)7-13-10-2-1-3-11(6-10)14(16)17/h1-6,8,12-13,15H,7H2. The first-order chi connectivity index (χ1) is 8.66. The lowest BCUT2D eigenvalue weighted by atomic mass is 10.2. The van der Waals surface area contributed by atoms with Crippen LogP contribution in [0.5, 0.6) is 0 Å². The van der Waals surface area contributed by atoms with Gasteiger partial charge in [0.15, 0.2) is 0 Å². The molecular formula is C12H12N2O3S. The number of non-ortho nitro benzene ring substituents is 1. The highest BCUT2D eigenvalue weighted by Gasteiger charge is 2.09. The Kier molecular flexibility index (Phi) is 3.91. The second kappa shape index (κ2) is 5.61. The number of aliphatic hydroxyl groups is 1. The zero-order valence-electron chi connectivity index (χ0n) is 9.45. The molecule has 6 heteroatoms. The van der Waals surface area contributed by atoms with Crippen molar-refractivity contribution in [3.05, 3.63) is 56.8 Å². The third-order valence-corrected chi connectivity index (χ3v) is 3.19. The van der Waals surface area contributed by atoms with Crippen LogP contribution in [0.3, 0.4) is 0 Å². The predicted molar refractivity (Wildman–Crippen MR) is 70.9 cm³/mol. The third kappa shape index (κ3) is 3.06. The van der Waals surface area contributed by atoms with E-state index in [4.69, 9.17) is 0 Å². The molecule has 0 saturated heterocycles. The minimum absolute atomic E-state index is 0.0324. The Morgan fingerprint density at radius 1 is 1.44 bits per heavy atom. The number of nitro benzene ring substituents is 1. The lowest BCUT2D eigenvalue weighted by molar-refractivity contribution is -0.384. The number of aliphatic hydroxyl groups excluding tert-OH is 1.